The Kier molecular flexibility index (Phi) is 2.01. The standard InChI is InChI=1S/C11H9N5O/c1-16-8-6-4-2-3-5-7(8)9(11(16)17)10-12-14-15-13-10/h2-6H,1H3,(H,12,13,14,15). The summed E-state index contributed by atoms with van der Waals surface area (Å²) < 4.78 is 1.58. The van der Waals surface area contributed by atoms with E-state index in [2.05, 4.69) is 20.6 Å². The molecule has 1 aromatic heterocycles. The maximum atomic E-state index is 12.1. The summed E-state index contributed by atoms with van der Waals surface area (Å²) in [4.78, 5) is 12.1. The average molecular weight is 227 g/mol. The Morgan fingerprint density at radius 1 is 1.24 bits per heavy atom. The number of fused-ring (bicyclic) bond motifs is 1. The van der Waals surface area contributed by atoms with Crippen molar-refractivity contribution in [2.45, 2.75) is 0 Å². The Morgan fingerprint density at radius 3 is 2.82 bits per heavy atom. The Hall–Kier alpha value is -2.50. The third-order valence-corrected chi connectivity index (χ3v) is 2.73. The summed E-state index contributed by atoms with van der Waals surface area (Å²) in [7, 11) is 1.73. The average Bonchev–Trinajstić information content (AvgIpc) is 2.82. The number of hydrogen-bond donors (Lipinski definition) is 1. The number of tetrazole rings is 1. The molecule has 0 spiro atoms. The van der Waals surface area contributed by atoms with Crippen molar-refractivity contribution < 1.29 is 0 Å². The molecule has 0 amide bonds. The van der Waals surface area contributed by atoms with Crippen LogP contribution in [0.25, 0.3) is 22.6 Å². The summed E-state index contributed by atoms with van der Waals surface area (Å²) in [6.45, 7) is 0. The van der Waals surface area contributed by atoms with Gasteiger partial charge in [-0.1, -0.05) is 24.3 Å². The second-order valence-corrected chi connectivity index (χ2v) is 3.68. The summed E-state index contributed by atoms with van der Waals surface area (Å²) in [6.07, 6.45) is 0. The molecule has 1 aromatic rings. The van der Waals surface area contributed by atoms with Crippen LogP contribution in [0.15, 0.2) is 35.1 Å². The van der Waals surface area contributed by atoms with Crippen molar-refractivity contribution in [2.75, 3.05) is 0 Å². The van der Waals surface area contributed by atoms with Gasteiger partial charge in [0.1, 0.15) is 0 Å². The molecule has 0 radical (unpaired) electrons. The van der Waals surface area contributed by atoms with Gasteiger partial charge < -0.3 is 4.57 Å². The zero-order chi connectivity index (χ0) is 11.8. The van der Waals surface area contributed by atoms with E-state index in [1.165, 1.54) is 0 Å². The first-order valence-corrected chi connectivity index (χ1v) is 5.10. The molecule has 17 heavy (non-hydrogen) atoms. The first kappa shape index (κ1) is 9.71. The van der Waals surface area contributed by atoms with Gasteiger partial charge in [0, 0.05) is 12.6 Å². The Labute approximate surface area is 96.3 Å². The molecule has 1 aliphatic heterocycles. The maximum Gasteiger partial charge on any atom is 0.262 e. The van der Waals surface area contributed by atoms with Crippen molar-refractivity contribution in [1.82, 2.24) is 25.2 Å². The van der Waals surface area contributed by atoms with Crippen molar-refractivity contribution in [3.05, 3.63) is 40.7 Å². The molecule has 0 unspecified atom stereocenters. The van der Waals surface area contributed by atoms with Gasteiger partial charge in [-0.15, -0.1) is 10.2 Å². The van der Waals surface area contributed by atoms with E-state index in [4.69, 9.17) is 0 Å². The van der Waals surface area contributed by atoms with E-state index in [0.717, 1.165) is 11.3 Å². The highest BCUT2D eigenvalue weighted by Crippen LogP contribution is 2.28. The molecule has 0 atom stereocenters. The van der Waals surface area contributed by atoms with Gasteiger partial charge in [0.05, 0.1) is 11.3 Å². The molecule has 6 nitrogen and oxygen atoms in total. The first-order chi connectivity index (χ1) is 8.29. The number of H-pyrrole nitrogens is 1. The van der Waals surface area contributed by atoms with Gasteiger partial charge in [0.25, 0.3) is 5.56 Å². The van der Waals surface area contributed by atoms with Gasteiger partial charge in [-0.3, -0.25) is 4.79 Å². The minimum Gasteiger partial charge on any atom is -0.311 e. The van der Waals surface area contributed by atoms with Gasteiger partial charge in [0.2, 0.25) is 5.82 Å². The molecule has 1 N–H and O–H groups in total. The molecule has 84 valence electrons. The van der Waals surface area contributed by atoms with E-state index in [1.54, 1.807) is 11.6 Å². The maximum absolute atomic E-state index is 12.1. The van der Waals surface area contributed by atoms with Crippen LogP contribution in [-0.2, 0) is 7.05 Å². The van der Waals surface area contributed by atoms with Crippen LogP contribution in [0.4, 0.5) is 0 Å². The monoisotopic (exact) mass is 227 g/mol. The fourth-order valence-corrected chi connectivity index (χ4v) is 1.92. The second-order valence-electron chi connectivity index (χ2n) is 3.68. The van der Waals surface area contributed by atoms with Crippen molar-refractivity contribution in [3.8, 4) is 22.6 Å². The third-order valence-electron chi connectivity index (χ3n) is 2.73. The molecule has 2 heterocycles. The van der Waals surface area contributed by atoms with Gasteiger partial charge >= 0.3 is 0 Å². The molecular weight excluding hydrogens is 218 g/mol. The normalized spacial score (nSPS) is 10.9. The van der Waals surface area contributed by atoms with Gasteiger partial charge in [0.15, 0.2) is 0 Å². The molecular formula is C11H9N5O. The SMILES string of the molecule is Cn1c2cccccc-2c(-c2nn[nH]n2)c1=O. The number of nitrogens with zero attached hydrogens (tertiary/aromatic N) is 4. The van der Waals surface area contributed by atoms with E-state index < -0.39 is 0 Å². The van der Waals surface area contributed by atoms with Gasteiger partial charge in [-0.05, 0) is 11.3 Å². The molecule has 6 heteroatoms. The minimum atomic E-state index is -0.118. The summed E-state index contributed by atoms with van der Waals surface area (Å²) in [5.74, 6) is 0.326. The zero-order valence-electron chi connectivity index (χ0n) is 9.08. The lowest BCUT2D eigenvalue weighted by Crippen LogP contribution is -2.12. The number of hydrogen-bond acceptors (Lipinski definition) is 4. The molecule has 0 aromatic carbocycles. The fourth-order valence-electron chi connectivity index (χ4n) is 1.92. The quantitative estimate of drug-likeness (QED) is 0.663. The number of rotatable bonds is 1. The highest BCUT2D eigenvalue weighted by Gasteiger charge is 2.21. The molecule has 0 saturated carbocycles. The van der Waals surface area contributed by atoms with Crippen LogP contribution in [-0.4, -0.2) is 25.2 Å². The largest absolute Gasteiger partial charge is 0.311 e. The van der Waals surface area contributed by atoms with Crippen molar-refractivity contribution in [1.29, 1.82) is 0 Å². The van der Waals surface area contributed by atoms with E-state index in [1.807, 2.05) is 30.3 Å². The van der Waals surface area contributed by atoms with Gasteiger partial charge in [-0.25, -0.2) is 0 Å². The Morgan fingerprint density at radius 2 is 2.06 bits per heavy atom. The lowest BCUT2D eigenvalue weighted by molar-refractivity contribution is 0.881. The summed E-state index contributed by atoms with van der Waals surface area (Å²) >= 11 is 0. The van der Waals surface area contributed by atoms with Crippen molar-refractivity contribution >= 4 is 0 Å². The number of aromatic nitrogens is 5. The molecule has 2 aliphatic rings. The van der Waals surface area contributed by atoms with Crippen LogP contribution in [0.2, 0.25) is 0 Å². The minimum absolute atomic E-state index is 0.118. The second kappa shape index (κ2) is 3.51. The lowest BCUT2D eigenvalue weighted by atomic mass is 10.1. The predicted molar refractivity (Wildman–Crippen MR) is 61.5 cm³/mol. The fraction of sp³-hybridized carbons (Fsp3) is 0.0909. The van der Waals surface area contributed by atoms with Crippen LogP contribution >= 0.6 is 0 Å². The first-order valence-electron chi connectivity index (χ1n) is 5.10. The van der Waals surface area contributed by atoms with Crippen LogP contribution in [0.3, 0.4) is 0 Å². The Bertz CT molecular complexity index is 686. The lowest BCUT2D eigenvalue weighted by Gasteiger charge is -1.95. The Balaban J connectivity index is 2.43. The van der Waals surface area contributed by atoms with Crippen molar-refractivity contribution in [2.24, 2.45) is 7.05 Å². The highest BCUT2D eigenvalue weighted by molar-refractivity contribution is 5.80. The zero-order valence-corrected chi connectivity index (χ0v) is 9.08. The third kappa shape index (κ3) is 1.34. The summed E-state index contributed by atoms with van der Waals surface area (Å²) in [6, 6.07) is 9.44. The molecule has 0 saturated heterocycles. The smallest absolute Gasteiger partial charge is 0.262 e. The highest BCUT2D eigenvalue weighted by atomic mass is 16.1. The molecule has 1 aliphatic carbocycles. The van der Waals surface area contributed by atoms with Crippen LogP contribution < -0.4 is 5.56 Å². The molecule has 3 rings (SSSR count). The topological polar surface area (TPSA) is 76.5 Å². The van der Waals surface area contributed by atoms with E-state index in [9.17, 15) is 4.79 Å². The molecule has 0 bridgehead atoms. The summed E-state index contributed by atoms with van der Waals surface area (Å²) in [5, 5.41) is 13.6. The number of aromatic amines is 1. The number of nitrogens with one attached hydrogen (secondary N) is 1. The van der Waals surface area contributed by atoms with Crippen LogP contribution in [0, 0.1) is 0 Å². The van der Waals surface area contributed by atoms with Crippen LogP contribution in [0.1, 0.15) is 0 Å². The van der Waals surface area contributed by atoms with E-state index in [0.29, 0.717) is 11.4 Å². The van der Waals surface area contributed by atoms with E-state index >= 15 is 0 Å². The van der Waals surface area contributed by atoms with Crippen molar-refractivity contribution in [3.63, 3.8) is 0 Å². The predicted octanol–water partition coefficient (Wildman–Crippen LogP) is 0.670. The van der Waals surface area contributed by atoms with Crippen LogP contribution in [0.5, 0.6) is 0 Å². The van der Waals surface area contributed by atoms with E-state index in [-0.39, 0.29) is 5.56 Å². The summed E-state index contributed by atoms with van der Waals surface area (Å²) in [5.41, 5.74) is 2.03. The van der Waals surface area contributed by atoms with Gasteiger partial charge in [-0.2, -0.15) is 5.21 Å². The molecule has 0 fully saturated rings.